The Morgan fingerprint density at radius 2 is 1.71 bits per heavy atom. The van der Waals surface area contributed by atoms with Gasteiger partial charge in [-0.1, -0.05) is 39.0 Å². The van der Waals surface area contributed by atoms with Crippen LogP contribution in [0, 0.1) is 6.92 Å². The average molecular weight is 431 g/mol. The normalized spacial score (nSPS) is 11.5. The maximum Gasteiger partial charge on any atom is 0.262 e. The van der Waals surface area contributed by atoms with Gasteiger partial charge in [0.2, 0.25) is 0 Å². The van der Waals surface area contributed by atoms with Gasteiger partial charge in [-0.2, -0.15) is 0 Å². The summed E-state index contributed by atoms with van der Waals surface area (Å²) in [5, 5.41) is 3.85. The van der Waals surface area contributed by atoms with Crippen LogP contribution in [0.4, 0.5) is 5.69 Å². The van der Waals surface area contributed by atoms with E-state index in [1.165, 1.54) is 15.8 Å². The second-order valence-electron chi connectivity index (χ2n) is 8.68. The average Bonchev–Trinajstić information content (AvgIpc) is 3.15. The van der Waals surface area contributed by atoms with E-state index in [0.717, 1.165) is 21.8 Å². The minimum atomic E-state index is -0.192. The number of fused-ring (bicyclic) bond motifs is 1. The Bertz CT molecular complexity index is 1200. The molecule has 0 saturated carbocycles. The van der Waals surface area contributed by atoms with Crippen molar-refractivity contribution < 1.29 is 9.53 Å². The maximum atomic E-state index is 12.3. The Labute approximate surface area is 186 Å². The predicted octanol–water partition coefficient (Wildman–Crippen LogP) is 6.59. The SMILES string of the molecule is Cc1ccc2nc(-c3ccc(NC(=O)COc4ccc(C(C)(C)C)cc4)cc3)sc2c1. The van der Waals surface area contributed by atoms with E-state index >= 15 is 0 Å². The zero-order valence-electron chi connectivity index (χ0n) is 18.2. The lowest BCUT2D eigenvalue weighted by Crippen LogP contribution is -2.20. The number of thiazole rings is 1. The van der Waals surface area contributed by atoms with Crippen molar-refractivity contribution in [2.45, 2.75) is 33.1 Å². The van der Waals surface area contributed by atoms with Crippen LogP contribution >= 0.6 is 11.3 Å². The first kappa shape index (κ1) is 21.1. The van der Waals surface area contributed by atoms with Gasteiger partial charge < -0.3 is 10.1 Å². The molecule has 0 fully saturated rings. The molecule has 3 aromatic carbocycles. The number of aryl methyl sites for hydroxylation is 1. The highest BCUT2D eigenvalue weighted by Gasteiger charge is 2.13. The number of carbonyl (C=O) groups is 1. The van der Waals surface area contributed by atoms with Crippen molar-refractivity contribution in [1.29, 1.82) is 0 Å². The molecule has 31 heavy (non-hydrogen) atoms. The minimum Gasteiger partial charge on any atom is -0.484 e. The topological polar surface area (TPSA) is 51.2 Å². The van der Waals surface area contributed by atoms with Gasteiger partial charge in [0.25, 0.3) is 5.91 Å². The summed E-state index contributed by atoms with van der Waals surface area (Å²) in [7, 11) is 0. The predicted molar refractivity (Wildman–Crippen MR) is 129 cm³/mol. The van der Waals surface area contributed by atoms with Crippen LogP contribution in [0.25, 0.3) is 20.8 Å². The quantitative estimate of drug-likeness (QED) is 0.389. The van der Waals surface area contributed by atoms with Crippen LogP contribution in [0.15, 0.2) is 66.7 Å². The number of amides is 1. The lowest BCUT2D eigenvalue weighted by Gasteiger charge is -2.19. The van der Waals surface area contributed by atoms with E-state index in [4.69, 9.17) is 9.72 Å². The summed E-state index contributed by atoms with van der Waals surface area (Å²) in [6.45, 7) is 8.55. The van der Waals surface area contributed by atoms with E-state index in [0.29, 0.717) is 5.75 Å². The number of anilines is 1. The molecule has 0 saturated heterocycles. The number of nitrogens with zero attached hydrogens (tertiary/aromatic N) is 1. The van der Waals surface area contributed by atoms with Crippen molar-refractivity contribution in [3.63, 3.8) is 0 Å². The zero-order valence-corrected chi connectivity index (χ0v) is 19.0. The summed E-state index contributed by atoms with van der Waals surface area (Å²) < 4.78 is 6.80. The Balaban J connectivity index is 1.35. The number of hydrogen-bond donors (Lipinski definition) is 1. The molecule has 4 aromatic rings. The molecule has 0 atom stereocenters. The van der Waals surface area contributed by atoms with Gasteiger partial charge in [-0.05, 0) is 72.0 Å². The fraction of sp³-hybridized carbons (Fsp3) is 0.231. The van der Waals surface area contributed by atoms with Crippen molar-refractivity contribution in [1.82, 2.24) is 4.98 Å². The Morgan fingerprint density at radius 3 is 2.39 bits per heavy atom. The van der Waals surface area contributed by atoms with Gasteiger partial charge in [-0.15, -0.1) is 11.3 Å². The highest BCUT2D eigenvalue weighted by atomic mass is 32.1. The van der Waals surface area contributed by atoms with Gasteiger partial charge in [0.05, 0.1) is 10.2 Å². The van der Waals surface area contributed by atoms with Gasteiger partial charge in [-0.25, -0.2) is 4.98 Å². The number of carbonyl (C=O) groups excluding carboxylic acids is 1. The van der Waals surface area contributed by atoms with Gasteiger partial charge in [-0.3, -0.25) is 4.79 Å². The summed E-state index contributed by atoms with van der Waals surface area (Å²) in [5.74, 6) is 0.493. The van der Waals surface area contributed by atoms with Crippen LogP contribution in [-0.4, -0.2) is 17.5 Å². The highest BCUT2D eigenvalue weighted by molar-refractivity contribution is 7.21. The smallest absolute Gasteiger partial charge is 0.262 e. The fourth-order valence-corrected chi connectivity index (χ4v) is 4.32. The monoisotopic (exact) mass is 430 g/mol. The van der Waals surface area contributed by atoms with E-state index < -0.39 is 0 Å². The molecule has 1 heterocycles. The van der Waals surface area contributed by atoms with Crippen LogP contribution in [0.5, 0.6) is 5.75 Å². The van der Waals surface area contributed by atoms with Crippen LogP contribution < -0.4 is 10.1 Å². The molecule has 0 aliphatic heterocycles. The molecular formula is C26H26N2O2S. The molecule has 4 nitrogen and oxygen atoms in total. The molecule has 0 radical (unpaired) electrons. The largest absolute Gasteiger partial charge is 0.484 e. The Hall–Kier alpha value is -3.18. The van der Waals surface area contributed by atoms with Gasteiger partial charge in [0.1, 0.15) is 10.8 Å². The molecule has 4 rings (SSSR count). The summed E-state index contributed by atoms with van der Waals surface area (Å²) in [4.78, 5) is 17.0. The standard InChI is InChI=1S/C26H26N2O2S/c1-17-5-14-22-23(15-17)31-25(28-22)18-6-10-20(11-7-18)27-24(29)16-30-21-12-8-19(9-13-21)26(2,3)4/h5-15H,16H2,1-4H3,(H,27,29). The van der Waals surface area contributed by atoms with Gasteiger partial charge in [0, 0.05) is 11.3 Å². The number of nitrogens with one attached hydrogen (secondary N) is 1. The number of benzene rings is 3. The molecule has 1 aromatic heterocycles. The third-order valence-electron chi connectivity index (χ3n) is 5.05. The number of ether oxygens (including phenoxy) is 1. The zero-order chi connectivity index (χ0) is 22.0. The Morgan fingerprint density at radius 1 is 1.00 bits per heavy atom. The van der Waals surface area contributed by atoms with E-state index in [-0.39, 0.29) is 17.9 Å². The second kappa shape index (κ2) is 8.52. The summed E-state index contributed by atoms with van der Waals surface area (Å²) in [6, 6.07) is 21.9. The van der Waals surface area contributed by atoms with Crippen LogP contribution in [-0.2, 0) is 10.2 Å². The molecule has 0 spiro atoms. The molecule has 1 N–H and O–H groups in total. The first-order valence-electron chi connectivity index (χ1n) is 10.3. The fourth-order valence-electron chi connectivity index (χ4n) is 3.25. The van der Waals surface area contributed by atoms with Crippen LogP contribution in [0.2, 0.25) is 0 Å². The first-order chi connectivity index (χ1) is 14.8. The van der Waals surface area contributed by atoms with E-state index in [2.05, 4.69) is 51.2 Å². The van der Waals surface area contributed by atoms with Crippen LogP contribution in [0.1, 0.15) is 31.9 Å². The molecule has 0 aliphatic carbocycles. The number of aromatic nitrogens is 1. The second-order valence-corrected chi connectivity index (χ2v) is 9.71. The van der Waals surface area contributed by atoms with Crippen molar-refractivity contribution in [2.75, 3.05) is 11.9 Å². The summed E-state index contributed by atoms with van der Waals surface area (Å²) in [6.07, 6.45) is 0. The van der Waals surface area contributed by atoms with Gasteiger partial charge in [0.15, 0.2) is 6.61 Å². The molecule has 0 aliphatic rings. The summed E-state index contributed by atoms with van der Waals surface area (Å²) in [5.41, 5.74) is 5.33. The Kier molecular flexibility index (Phi) is 5.79. The van der Waals surface area contributed by atoms with Crippen molar-refractivity contribution in [2.24, 2.45) is 0 Å². The molecule has 0 bridgehead atoms. The van der Waals surface area contributed by atoms with E-state index in [9.17, 15) is 4.79 Å². The highest BCUT2D eigenvalue weighted by Crippen LogP contribution is 2.31. The first-order valence-corrected chi connectivity index (χ1v) is 11.1. The van der Waals surface area contributed by atoms with Crippen molar-refractivity contribution in [3.05, 3.63) is 77.9 Å². The van der Waals surface area contributed by atoms with E-state index in [1.807, 2.05) is 48.5 Å². The lowest BCUT2D eigenvalue weighted by molar-refractivity contribution is -0.118. The summed E-state index contributed by atoms with van der Waals surface area (Å²) >= 11 is 1.67. The van der Waals surface area contributed by atoms with Crippen molar-refractivity contribution >= 4 is 33.1 Å². The third kappa shape index (κ3) is 5.12. The molecule has 5 heteroatoms. The maximum absolute atomic E-state index is 12.3. The van der Waals surface area contributed by atoms with E-state index in [1.54, 1.807) is 11.3 Å². The molecule has 0 unspecified atom stereocenters. The number of hydrogen-bond acceptors (Lipinski definition) is 4. The van der Waals surface area contributed by atoms with Crippen molar-refractivity contribution in [3.8, 4) is 16.3 Å². The minimum absolute atomic E-state index is 0.0339. The van der Waals surface area contributed by atoms with Crippen LogP contribution in [0.3, 0.4) is 0 Å². The molecule has 158 valence electrons. The third-order valence-corrected chi connectivity index (χ3v) is 6.12. The number of rotatable bonds is 5. The lowest BCUT2D eigenvalue weighted by atomic mass is 9.87. The molecule has 1 amide bonds. The van der Waals surface area contributed by atoms with Gasteiger partial charge >= 0.3 is 0 Å². The molecular weight excluding hydrogens is 404 g/mol.